The molecule has 1 heterocycles. The summed E-state index contributed by atoms with van der Waals surface area (Å²) in [6, 6.07) is 4.15. The van der Waals surface area contributed by atoms with Crippen LogP contribution < -0.4 is 0 Å². The van der Waals surface area contributed by atoms with Crippen molar-refractivity contribution in [3.8, 4) is 0 Å². The summed E-state index contributed by atoms with van der Waals surface area (Å²) in [6.45, 7) is 18.9. The van der Waals surface area contributed by atoms with Gasteiger partial charge in [0, 0.05) is 11.4 Å². The van der Waals surface area contributed by atoms with Crippen molar-refractivity contribution < 1.29 is 29.1 Å². The Morgan fingerprint density at radius 2 is 1.11 bits per heavy atom. The molecule has 0 bridgehead atoms. The van der Waals surface area contributed by atoms with E-state index >= 15 is 0 Å². The fourth-order valence-corrected chi connectivity index (χ4v) is 1.04. The largest absolute Gasteiger partial charge is 3.00 e. The molecular formula is C14H22NO2Ru. The van der Waals surface area contributed by atoms with Crippen molar-refractivity contribution in [3.63, 3.8) is 0 Å². The average molecular weight is 337 g/mol. The Bertz CT molecular complexity index is 236. The smallest absolute Gasteiger partial charge is 0.545 e. The normalized spacial score (nSPS) is 7.28. The predicted molar refractivity (Wildman–Crippen MR) is 72.2 cm³/mol. The van der Waals surface area contributed by atoms with Gasteiger partial charge in [-0.2, -0.15) is 20.8 Å². The maximum absolute atomic E-state index is 7.75. The number of nitrogens with zero attached hydrogens (tertiary/aromatic N) is 1. The van der Waals surface area contributed by atoms with Crippen LogP contribution in [-0.2, 0) is 29.1 Å². The van der Waals surface area contributed by atoms with Gasteiger partial charge >= 0.3 is 19.5 Å². The molecular weight excluding hydrogens is 315 g/mol. The van der Waals surface area contributed by atoms with Gasteiger partial charge in [-0.3, -0.25) is 18.6 Å². The molecule has 0 aliphatic rings. The Kier molecular flexibility index (Phi) is 26.5. The molecule has 4 heteroatoms. The third-order valence-electron chi connectivity index (χ3n) is 1.23. The van der Waals surface area contributed by atoms with Gasteiger partial charge in [-0.1, -0.05) is 0 Å². The first-order valence-corrected chi connectivity index (χ1v) is 5.07. The van der Waals surface area contributed by atoms with Gasteiger partial charge in [0.15, 0.2) is 0 Å². The zero-order valence-electron chi connectivity index (χ0n) is 11.9. The second-order valence-electron chi connectivity index (χ2n) is 3.93. The molecule has 0 aliphatic carbocycles. The number of hydrogen-bond donors (Lipinski definition) is 0. The van der Waals surface area contributed by atoms with E-state index in [4.69, 9.17) is 9.59 Å². The minimum absolute atomic E-state index is 0. The van der Waals surface area contributed by atoms with Crippen LogP contribution >= 0.6 is 0 Å². The molecule has 18 heavy (non-hydrogen) atoms. The van der Waals surface area contributed by atoms with Crippen LogP contribution in [0.4, 0.5) is 0 Å². The third-order valence-corrected chi connectivity index (χ3v) is 1.23. The molecule has 0 atom stereocenters. The minimum atomic E-state index is 0. The second kappa shape index (κ2) is 18.5. The van der Waals surface area contributed by atoms with E-state index in [1.165, 1.54) is 11.5 Å². The molecule has 0 saturated heterocycles. The van der Waals surface area contributed by atoms with E-state index in [0.717, 1.165) is 11.4 Å². The molecule has 0 N–H and O–H groups in total. The zero-order valence-corrected chi connectivity index (χ0v) is 13.7. The molecule has 1 aromatic heterocycles. The van der Waals surface area contributed by atoms with Gasteiger partial charge in [-0.15, -0.1) is 0 Å². The molecule has 1 radical (unpaired) electrons. The SMILES string of the molecule is C[C-](C)C.Cc1cc(C)nc(C)c1.[CH-]=O.[CH-]=O.[Ru+3]. The number of pyridine rings is 1. The Morgan fingerprint density at radius 3 is 1.28 bits per heavy atom. The predicted octanol–water partition coefficient (Wildman–Crippen LogP) is 3.08. The van der Waals surface area contributed by atoms with Gasteiger partial charge in [0.25, 0.3) is 0 Å². The van der Waals surface area contributed by atoms with Crippen LogP contribution in [0.5, 0.6) is 0 Å². The van der Waals surface area contributed by atoms with Gasteiger partial charge in [-0.05, 0) is 38.5 Å². The van der Waals surface area contributed by atoms with Gasteiger partial charge in [0.1, 0.15) is 0 Å². The van der Waals surface area contributed by atoms with Crippen LogP contribution in [0.25, 0.3) is 0 Å². The summed E-state index contributed by atoms with van der Waals surface area (Å²) in [7, 11) is 0. The van der Waals surface area contributed by atoms with Crippen molar-refractivity contribution in [2.45, 2.75) is 41.5 Å². The van der Waals surface area contributed by atoms with Crippen molar-refractivity contribution in [1.82, 2.24) is 4.98 Å². The molecule has 0 aromatic carbocycles. The average Bonchev–Trinajstić information content (AvgIpc) is 2.20. The van der Waals surface area contributed by atoms with Crippen molar-refractivity contribution in [2.24, 2.45) is 0 Å². The second-order valence-corrected chi connectivity index (χ2v) is 3.93. The quantitative estimate of drug-likeness (QED) is 0.415. The summed E-state index contributed by atoms with van der Waals surface area (Å²) in [5.74, 6) is 1.42. The molecule has 1 aromatic rings. The van der Waals surface area contributed by atoms with E-state index in [9.17, 15) is 0 Å². The van der Waals surface area contributed by atoms with Gasteiger partial charge in [0.2, 0.25) is 0 Å². The Morgan fingerprint density at radius 1 is 0.889 bits per heavy atom. The van der Waals surface area contributed by atoms with Crippen LogP contribution in [-0.4, -0.2) is 18.6 Å². The Hall–Kier alpha value is -0.887. The van der Waals surface area contributed by atoms with Crippen molar-refractivity contribution >= 4 is 13.6 Å². The standard InChI is InChI=1S/C8H11N.C4H9.2CHO.Ru/c1-6-4-7(2)9-8(3)5-6;1-4(2)3;2*1-2;/h4-5H,1-3H3;1-3H3;2*1H;/q;3*-1;+3. The van der Waals surface area contributed by atoms with E-state index in [1.54, 1.807) is 0 Å². The third kappa shape index (κ3) is 24.4. The van der Waals surface area contributed by atoms with E-state index in [-0.39, 0.29) is 19.5 Å². The number of carbonyl (C=O) groups excluding carboxylic acids is 2. The maximum atomic E-state index is 7.75. The molecule has 0 unspecified atom stereocenters. The Labute approximate surface area is 124 Å². The zero-order chi connectivity index (χ0) is 14.4. The molecule has 0 spiro atoms. The van der Waals surface area contributed by atoms with Gasteiger partial charge in [0.05, 0.1) is 0 Å². The maximum Gasteiger partial charge on any atom is 3.00 e. The number of rotatable bonds is 0. The summed E-state index contributed by atoms with van der Waals surface area (Å²) < 4.78 is 0. The summed E-state index contributed by atoms with van der Waals surface area (Å²) in [5.41, 5.74) is 3.50. The van der Waals surface area contributed by atoms with Gasteiger partial charge in [-0.25, -0.2) is 0 Å². The topological polar surface area (TPSA) is 47.0 Å². The molecule has 0 saturated carbocycles. The first kappa shape index (κ1) is 25.8. The van der Waals surface area contributed by atoms with Crippen LogP contribution in [0.2, 0.25) is 0 Å². The molecule has 1 rings (SSSR count). The number of aromatic nitrogens is 1. The molecule has 0 amide bonds. The number of hydrogen-bond acceptors (Lipinski definition) is 3. The minimum Gasteiger partial charge on any atom is -0.545 e. The van der Waals surface area contributed by atoms with E-state index in [1.807, 2.05) is 13.8 Å². The molecule has 0 aliphatic heterocycles. The monoisotopic (exact) mass is 338 g/mol. The summed E-state index contributed by atoms with van der Waals surface area (Å²) in [6.07, 6.45) is 0. The van der Waals surface area contributed by atoms with Crippen LogP contribution in [0.3, 0.4) is 0 Å². The van der Waals surface area contributed by atoms with Crippen molar-refractivity contribution in [2.75, 3.05) is 0 Å². The first-order valence-electron chi connectivity index (χ1n) is 5.07. The van der Waals surface area contributed by atoms with E-state index in [2.05, 4.69) is 58.4 Å². The van der Waals surface area contributed by atoms with Crippen LogP contribution in [0.1, 0.15) is 37.7 Å². The summed E-state index contributed by atoms with van der Waals surface area (Å²) in [4.78, 5) is 19.7. The van der Waals surface area contributed by atoms with Crippen LogP contribution in [0.15, 0.2) is 12.1 Å². The molecule has 103 valence electrons. The van der Waals surface area contributed by atoms with Crippen LogP contribution in [0, 0.1) is 26.7 Å². The van der Waals surface area contributed by atoms with E-state index < -0.39 is 0 Å². The number of aryl methyl sites for hydroxylation is 3. The fourth-order valence-electron chi connectivity index (χ4n) is 1.04. The fraction of sp³-hybridized carbons (Fsp3) is 0.429. The summed E-state index contributed by atoms with van der Waals surface area (Å²) >= 11 is 0. The van der Waals surface area contributed by atoms with Gasteiger partial charge < -0.3 is 15.5 Å². The van der Waals surface area contributed by atoms with Crippen molar-refractivity contribution in [3.05, 3.63) is 35.0 Å². The first-order chi connectivity index (χ1) is 7.91. The Balaban J connectivity index is -0.0000000937. The molecule has 3 nitrogen and oxygen atoms in total. The molecule has 0 fully saturated rings. The van der Waals surface area contributed by atoms with Crippen molar-refractivity contribution in [1.29, 1.82) is 0 Å². The van der Waals surface area contributed by atoms with E-state index in [0.29, 0.717) is 0 Å². The summed E-state index contributed by atoms with van der Waals surface area (Å²) in [5, 5.41) is 0.